The van der Waals surface area contributed by atoms with Crippen LogP contribution in [-0.4, -0.2) is 46.7 Å². The van der Waals surface area contributed by atoms with Gasteiger partial charge in [0.1, 0.15) is 5.41 Å². The Morgan fingerprint density at radius 1 is 1.35 bits per heavy atom. The van der Waals surface area contributed by atoms with Gasteiger partial charge in [-0.05, 0) is 26.2 Å². The van der Waals surface area contributed by atoms with E-state index in [1.165, 1.54) is 0 Å². The Bertz CT molecular complexity index is 348. The summed E-state index contributed by atoms with van der Waals surface area (Å²) >= 11 is 0. The summed E-state index contributed by atoms with van der Waals surface area (Å²) < 4.78 is 0. The summed E-state index contributed by atoms with van der Waals surface area (Å²) in [6, 6.07) is 0. The van der Waals surface area contributed by atoms with Gasteiger partial charge in [-0.25, -0.2) is 0 Å². The zero-order valence-corrected chi connectivity index (χ0v) is 12.5. The van der Waals surface area contributed by atoms with Crippen molar-refractivity contribution in [1.29, 1.82) is 0 Å². The number of nitrogens with zero attached hydrogens (tertiary/aromatic N) is 2. The van der Waals surface area contributed by atoms with Gasteiger partial charge in [0.2, 0.25) is 5.91 Å². The predicted octanol–water partition coefficient (Wildman–Crippen LogP) is 1.30. The van der Waals surface area contributed by atoms with E-state index in [9.17, 15) is 9.90 Å². The maximum atomic E-state index is 12.8. The molecule has 1 rings (SSSR count). The van der Waals surface area contributed by atoms with Gasteiger partial charge in [0.05, 0.1) is 6.10 Å². The van der Waals surface area contributed by atoms with Gasteiger partial charge >= 0.3 is 0 Å². The van der Waals surface area contributed by atoms with Gasteiger partial charge in [-0.15, -0.1) is 0 Å². The molecule has 0 aromatic heterocycles. The summed E-state index contributed by atoms with van der Waals surface area (Å²) in [7, 11) is 1.71. The van der Waals surface area contributed by atoms with Gasteiger partial charge in [-0.1, -0.05) is 30.8 Å². The number of carbonyl (C=O) groups excluding carboxylic acids is 1. The fraction of sp³-hybridized carbons (Fsp3) is 0.857. The SMILES string of the molecule is CC(O)CCN(C)C(=O)C1(C(N)=NO)CCCCCC1. The predicted molar refractivity (Wildman–Crippen MR) is 77.5 cm³/mol. The van der Waals surface area contributed by atoms with Crippen LogP contribution in [0.3, 0.4) is 0 Å². The third-order valence-corrected chi connectivity index (χ3v) is 4.19. The molecule has 1 saturated carbocycles. The molecule has 0 aromatic rings. The summed E-state index contributed by atoms with van der Waals surface area (Å²) in [5.74, 6) is -0.0800. The fourth-order valence-corrected chi connectivity index (χ4v) is 2.85. The van der Waals surface area contributed by atoms with Crippen LogP contribution < -0.4 is 5.73 Å². The molecule has 6 nitrogen and oxygen atoms in total. The van der Waals surface area contributed by atoms with E-state index in [0.717, 1.165) is 25.7 Å². The van der Waals surface area contributed by atoms with Crippen molar-refractivity contribution in [3.8, 4) is 0 Å². The van der Waals surface area contributed by atoms with Crippen LogP contribution in [0.25, 0.3) is 0 Å². The van der Waals surface area contributed by atoms with E-state index < -0.39 is 11.5 Å². The van der Waals surface area contributed by atoms with E-state index in [2.05, 4.69) is 5.16 Å². The third kappa shape index (κ3) is 3.85. The first-order chi connectivity index (χ1) is 9.44. The highest BCUT2D eigenvalue weighted by atomic mass is 16.4. The van der Waals surface area contributed by atoms with Crippen molar-refractivity contribution in [2.45, 2.75) is 58.0 Å². The first kappa shape index (κ1) is 16.8. The lowest BCUT2D eigenvalue weighted by Gasteiger charge is -2.34. The van der Waals surface area contributed by atoms with Crippen molar-refractivity contribution >= 4 is 11.7 Å². The van der Waals surface area contributed by atoms with E-state index in [0.29, 0.717) is 25.8 Å². The topological polar surface area (TPSA) is 99.2 Å². The van der Waals surface area contributed by atoms with Gasteiger partial charge in [0, 0.05) is 13.6 Å². The molecule has 1 aliphatic rings. The molecule has 0 heterocycles. The second kappa shape index (κ2) is 7.47. The molecular formula is C14H27N3O3. The number of carbonyl (C=O) groups is 1. The molecule has 1 fully saturated rings. The number of hydrogen-bond acceptors (Lipinski definition) is 4. The average Bonchev–Trinajstić information content (AvgIpc) is 2.69. The highest BCUT2D eigenvalue weighted by Gasteiger charge is 2.44. The van der Waals surface area contributed by atoms with Crippen LogP contribution in [0.2, 0.25) is 0 Å². The minimum absolute atomic E-state index is 0.0216. The molecule has 0 radical (unpaired) electrons. The molecule has 1 aliphatic carbocycles. The maximum Gasteiger partial charge on any atom is 0.236 e. The Morgan fingerprint density at radius 2 is 1.90 bits per heavy atom. The summed E-state index contributed by atoms with van der Waals surface area (Å²) in [6.07, 6.45) is 5.30. The Morgan fingerprint density at radius 3 is 2.35 bits per heavy atom. The molecule has 0 aromatic carbocycles. The normalized spacial score (nSPS) is 21.1. The molecule has 0 saturated heterocycles. The zero-order valence-electron chi connectivity index (χ0n) is 12.5. The van der Waals surface area contributed by atoms with Gasteiger partial charge < -0.3 is 20.9 Å². The molecular weight excluding hydrogens is 258 g/mol. The van der Waals surface area contributed by atoms with Crippen LogP contribution in [0.4, 0.5) is 0 Å². The number of aliphatic hydroxyl groups is 1. The monoisotopic (exact) mass is 285 g/mol. The lowest BCUT2D eigenvalue weighted by molar-refractivity contribution is -0.138. The number of amides is 1. The van der Waals surface area contributed by atoms with Gasteiger partial charge in [-0.3, -0.25) is 4.79 Å². The van der Waals surface area contributed by atoms with Gasteiger partial charge in [0.25, 0.3) is 0 Å². The molecule has 6 heteroatoms. The maximum absolute atomic E-state index is 12.8. The number of nitrogens with two attached hydrogens (primary N) is 1. The van der Waals surface area contributed by atoms with Crippen LogP contribution in [-0.2, 0) is 4.79 Å². The largest absolute Gasteiger partial charge is 0.409 e. The number of aliphatic hydroxyl groups excluding tert-OH is 1. The van der Waals surface area contributed by atoms with Crippen LogP contribution in [0.15, 0.2) is 5.16 Å². The molecule has 116 valence electrons. The third-order valence-electron chi connectivity index (χ3n) is 4.19. The van der Waals surface area contributed by atoms with Crippen molar-refractivity contribution in [1.82, 2.24) is 4.90 Å². The van der Waals surface area contributed by atoms with E-state index in [1.54, 1.807) is 18.9 Å². The average molecular weight is 285 g/mol. The number of hydrogen-bond donors (Lipinski definition) is 3. The second-order valence-electron chi connectivity index (χ2n) is 5.85. The minimum Gasteiger partial charge on any atom is -0.409 e. The lowest BCUT2D eigenvalue weighted by Crippen LogP contribution is -2.50. The summed E-state index contributed by atoms with van der Waals surface area (Å²) in [5.41, 5.74) is 4.97. The van der Waals surface area contributed by atoms with Crippen LogP contribution >= 0.6 is 0 Å². The Kier molecular flexibility index (Phi) is 6.26. The highest BCUT2D eigenvalue weighted by Crippen LogP contribution is 2.37. The quantitative estimate of drug-likeness (QED) is 0.233. The molecule has 1 unspecified atom stereocenters. The summed E-state index contributed by atoms with van der Waals surface area (Å²) in [4.78, 5) is 14.4. The highest BCUT2D eigenvalue weighted by molar-refractivity contribution is 6.06. The van der Waals surface area contributed by atoms with E-state index in [4.69, 9.17) is 10.9 Å². The van der Waals surface area contributed by atoms with Crippen molar-refractivity contribution in [3.63, 3.8) is 0 Å². The molecule has 0 aliphatic heterocycles. The van der Waals surface area contributed by atoms with Gasteiger partial charge in [-0.2, -0.15) is 0 Å². The molecule has 20 heavy (non-hydrogen) atoms. The summed E-state index contributed by atoms with van der Waals surface area (Å²) in [5, 5.41) is 21.5. The Hall–Kier alpha value is -1.30. The molecule has 4 N–H and O–H groups in total. The molecule has 0 bridgehead atoms. The lowest BCUT2D eigenvalue weighted by atomic mass is 9.77. The zero-order chi connectivity index (χ0) is 15.2. The van der Waals surface area contributed by atoms with Crippen molar-refractivity contribution < 1.29 is 15.1 Å². The number of oxime groups is 1. The summed E-state index contributed by atoms with van der Waals surface area (Å²) in [6.45, 7) is 2.17. The molecule has 1 atom stereocenters. The second-order valence-corrected chi connectivity index (χ2v) is 5.85. The first-order valence-electron chi connectivity index (χ1n) is 7.35. The smallest absolute Gasteiger partial charge is 0.236 e. The standard InChI is InChI=1S/C14H27N3O3/c1-11(18)7-10-17(2)13(19)14(12(15)16-20)8-5-3-4-6-9-14/h11,18,20H,3-10H2,1-2H3,(H2,15,16). The minimum atomic E-state index is -0.876. The number of amidine groups is 1. The number of rotatable bonds is 5. The van der Waals surface area contributed by atoms with E-state index in [1.807, 2.05) is 0 Å². The van der Waals surface area contributed by atoms with Crippen LogP contribution in [0.5, 0.6) is 0 Å². The van der Waals surface area contributed by atoms with Crippen molar-refractivity contribution in [3.05, 3.63) is 0 Å². The Labute approximate surface area is 120 Å². The van der Waals surface area contributed by atoms with Crippen LogP contribution in [0.1, 0.15) is 51.9 Å². The van der Waals surface area contributed by atoms with E-state index >= 15 is 0 Å². The van der Waals surface area contributed by atoms with Crippen molar-refractivity contribution in [2.24, 2.45) is 16.3 Å². The van der Waals surface area contributed by atoms with Crippen molar-refractivity contribution in [2.75, 3.05) is 13.6 Å². The fourth-order valence-electron chi connectivity index (χ4n) is 2.85. The first-order valence-corrected chi connectivity index (χ1v) is 7.35. The van der Waals surface area contributed by atoms with E-state index in [-0.39, 0.29) is 11.7 Å². The van der Waals surface area contributed by atoms with Gasteiger partial charge in [0.15, 0.2) is 5.84 Å². The molecule has 1 amide bonds. The molecule has 0 spiro atoms. The van der Waals surface area contributed by atoms with Crippen LogP contribution in [0, 0.1) is 5.41 Å². The Balaban J connectivity index is 2.89.